The van der Waals surface area contributed by atoms with E-state index >= 15 is 0 Å². The molecule has 1 aliphatic carbocycles. The number of pyridine rings is 1. The van der Waals surface area contributed by atoms with Crippen LogP contribution in [-0.4, -0.2) is 36.7 Å². The van der Waals surface area contributed by atoms with Crippen LogP contribution in [0.15, 0.2) is 18.3 Å². The summed E-state index contributed by atoms with van der Waals surface area (Å²) in [4.78, 5) is 15.8. The molecule has 0 saturated heterocycles. The van der Waals surface area contributed by atoms with Crippen molar-refractivity contribution in [2.45, 2.75) is 38.3 Å². The Balaban J connectivity index is 1.97. The molecule has 2 unspecified atom stereocenters. The first-order chi connectivity index (χ1) is 9.22. The maximum absolute atomic E-state index is 11.7. The molecule has 1 aromatic rings. The van der Waals surface area contributed by atoms with Gasteiger partial charge in [-0.25, -0.2) is 0 Å². The largest absolute Gasteiger partial charge is 0.382 e. The Bertz CT molecular complexity index is 436. The lowest BCUT2D eigenvalue weighted by Gasteiger charge is -2.14. The maximum Gasteiger partial charge on any atom is 0.269 e. The van der Waals surface area contributed by atoms with E-state index in [0.29, 0.717) is 24.4 Å². The number of ether oxygens (including phenoxy) is 1. The Morgan fingerprint density at radius 1 is 1.53 bits per heavy atom. The van der Waals surface area contributed by atoms with Gasteiger partial charge in [-0.2, -0.15) is 0 Å². The Kier molecular flexibility index (Phi) is 4.74. The van der Waals surface area contributed by atoms with Crippen molar-refractivity contribution in [1.29, 1.82) is 0 Å². The molecule has 0 bridgehead atoms. The summed E-state index contributed by atoms with van der Waals surface area (Å²) in [5.74, 6) is -0.132. The van der Waals surface area contributed by atoms with E-state index in [-0.39, 0.29) is 5.91 Å². The van der Waals surface area contributed by atoms with Crippen molar-refractivity contribution in [3.05, 3.63) is 24.0 Å². The first-order valence-corrected chi connectivity index (χ1v) is 6.76. The molecule has 1 fully saturated rings. The highest BCUT2D eigenvalue weighted by molar-refractivity contribution is 5.93. The van der Waals surface area contributed by atoms with Crippen LogP contribution in [0.2, 0.25) is 0 Å². The van der Waals surface area contributed by atoms with Gasteiger partial charge in [0.2, 0.25) is 0 Å². The SMILES string of the molecule is CCNC(=O)c1cc(NC2CCC(OC)C2)ccn1. The van der Waals surface area contributed by atoms with E-state index in [2.05, 4.69) is 15.6 Å². The smallest absolute Gasteiger partial charge is 0.269 e. The molecule has 1 amide bonds. The van der Waals surface area contributed by atoms with Gasteiger partial charge < -0.3 is 15.4 Å². The van der Waals surface area contributed by atoms with Gasteiger partial charge in [-0.3, -0.25) is 9.78 Å². The number of rotatable bonds is 5. The van der Waals surface area contributed by atoms with Crippen molar-refractivity contribution in [2.75, 3.05) is 19.0 Å². The van der Waals surface area contributed by atoms with E-state index in [1.165, 1.54) is 0 Å². The van der Waals surface area contributed by atoms with Crippen molar-refractivity contribution in [2.24, 2.45) is 0 Å². The molecule has 1 saturated carbocycles. The minimum atomic E-state index is -0.132. The zero-order chi connectivity index (χ0) is 13.7. The van der Waals surface area contributed by atoms with E-state index in [9.17, 15) is 4.79 Å². The van der Waals surface area contributed by atoms with Crippen LogP contribution in [0.3, 0.4) is 0 Å². The minimum Gasteiger partial charge on any atom is -0.382 e. The van der Waals surface area contributed by atoms with Crippen molar-refractivity contribution in [1.82, 2.24) is 10.3 Å². The molecule has 0 radical (unpaired) electrons. The van der Waals surface area contributed by atoms with Crippen molar-refractivity contribution in [3.63, 3.8) is 0 Å². The quantitative estimate of drug-likeness (QED) is 0.850. The third kappa shape index (κ3) is 3.67. The normalized spacial score (nSPS) is 22.2. The Morgan fingerprint density at radius 2 is 2.37 bits per heavy atom. The number of methoxy groups -OCH3 is 1. The fourth-order valence-corrected chi connectivity index (χ4v) is 2.42. The number of aromatic nitrogens is 1. The number of hydrogen-bond acceptors (Lipinski definition) is 4. The second-order valence-corrected chi connectivity index (χ2v) is 4.80. The lowest BCUT2D eigenvalue weighted by Crippen LogP contribution is -2.24. The van der Waals surface area contributed by atoms with Gasteiger partial charge in [-0.15, -0.1) is 0 Å². The van der Waals surface area contributed by atoms with Crippen molar-refractivity contribution >= 4 is 11.6 Å². The summed E-state index contributed by atoms with van der Waals surface area (Å²) in [6.45, 7) is 2.50. The summed E-state index contributed by atoms with van der Waals surface area (Å²) < 4.78 is 5.36. The van der Waals surface area contributed by atoms with Gasteiger partial charge in [0.25, 0.3) is 5.91 Å². The first kappa shape index (κ1) is 13.8. The molecule has 0 aliphatic heterocycles. The number of carbonyl (C=O) groups is 1. The third-order valence-electron chi connectivity index (χ3n) is 3.42. The molecule has 5 nitrogen and oxygen atoms in total. The molecular weight excluding hydrogens is 242 g/mol. The molecule has 19 heavy (non-hydrogen) atoms. The predicted molar refractivity (Wildman–Crippen MR) is 74.3 cm³/mol. The monoisotopic (exact) mass is 263 g/mol. The summed E-state index contributed by atoms with van der Waals surface area (Å²) in [6.07, 6.45) is 5.20. The highest BCUT2D eigenvalue weighted by Gasteiger charge is 2.24. The minimum absolute atomic E-state index is 0.132. The van der Waals surface area contributed by atoms with Crippen LogP contribution in [0.5, 0.6) is 0 Å². The number of anilines is 1. The van der Waals surface area contributed by atoms with Gasteiger partial charge in [0.05, 0.1) is 6.10 Å². The Labute approximate surface area is 113 Å². The van der Waals surface area contributed by atoms with Crippen molar-refractivity contribution < 1.29 is 9.53 Å². The highest BCUT2D eigenvalue weighted by atomic mass is 16.5. The molecule has 2 N–H and O–H groups in total. The van der Waals surface area contributed by atoms with E-state index in [1.807, 2.05) is 13.0 Å². The molecule has 1 aromatic heterocycles. The highest BCUT2D eigenvalue weighted by Crippen LogP contribution is 2.24. The first-order valence-electron chi connectivity index (χ1n) is 6.76. The van der Waals surface area contributed by atoms with E-state index in [0.717, 1.165) is 24.9 Å². The van der Waals surface area contributed by atoms with Gasteiger partial charge in [-0.05, 0) is 38.3 Å². The number of nitrogens with zero attached hydrogens (tertiary/aromatic N) is 1. The van der Waals surface area contributed by atoms with E-state index in [1.54, 1.807) is 19.4 Å². The van der Waals surface area contributed by atoms with Crippen LogP contribution in [0.1, 0.15) is 36.7 Å². The molecular formula is C14H21N3O2. The molecule has 0 spiro atoms. The Morgan fingerprint density at radius 3 is 3.05 bits per heavy atom. The molecule has 5 heteroatoms. The molecule has 0 aromatic carbocycles. The maximum atomic E-state index is 11.7. The van der Waals surface area contributed by atoms with Crippen LogP contribution >= 0.6 is 0 Å². The van der Waals surface area contributed by atoms with Crippen LogP contribution < -0.4 is 10.6 Å². The van der Waals surface area contributed by atoms with Gasteiger partial charge >= 0.3 is 0 Å². The summed E-state index contributed by atoms with van der Waals surface area (Å²) in [7, 11) is 1.76. The summed E-state index contributed by atoms with van der Waals surface area (Å²) in [5.41, 5.74) is 1.39. The average molecular weight is 263 g/mol. The fraction of sp³-hybridized carbons (Fsp3) is 0.571. The molecule has 2 atom stereocenters. The van der Waals surface area contributed by atoms with E-state index in [4.69, 9.17) is 4.74 Å². The number of hydrogen-bond donors (Lipinski definition) is 2. The second-order valence-electron chi connectivity index (χ2n) is 4.80. The topological polar surface area (TPSA) is 63.2 Å². The summed E-state index contributed by atoms with van der Waals surface area (Å²) in [5, 5.41) is 6.19. The summed E-state index contributed by atoms with van der Waals surface area (Å²) >= 11 is 0. The zero-order valence-corrected chi connectivity index (χ0v) is 11.5. The molecule has 1 aliphatic rings. The number of carbonyl (C=O) groups excluding carboxylic acids is 1. The van der Waals surface area contributed by atoms with Gasteiger partial charge in [-0.1, -0.05) is 0 Å². The van der Waals surface area contributed by atoms with Gasteiger partial charge in [0.15, 0.2) is 0 Å². The standard InChI is InChI=1S/C14H21N3O2/c1-3-15-14(18)13-9-11(6-7-16-13)17-10-4-5-12(8-10)19-2/h6-7,9-10,12H,3-5,8H2,1-2H3,(H,15,18)(H,16,17). The lowest BCUT2D eigenvalue weighted by atomic mass is 10.2. The van der Waals surface area contributed by atoms with Crippen LogP contribution in [0.25, 0.3) is 0 Å². The predicted octanol–water partition coefficient (Wildman–Crippen LogP) is 1.81. The van der Waals surface area contributed by atoms with E-state index < -0.39 is 0 Å². The Hall–Kier alpha value is -1.62. The number of nitrogens with one attached hydrogen (secondary N) is 2. The van der Waals surface area contributed by atoms with Crippen LogP contribution in [0, 0.1) is 0 Å². The second kappa shape index (κ2) is 6.52. The fourth-order valence-electron chi connectivity index (χ4n) is 2.42. The lowest BCUT2D eigenvalue weighted by molar-refractivity contribution is 0.0951. The van der Waals surface area contributed by atoms with Gasteiger partial charge in [0.1, 0.15) is 5.69 Å². The molecule has 1 heterocycles. The van der Waals surface area contributed by atoms with Crippen LogP contribution in [-0.2, 0) is 4.74 Å². The number of amides is 1. The third-order valence-corrected chi connectivity index (χ3v) is 3.42. The van der Waals surface area contributed by atoms with Crippen molar-refractivity contribution in [3.8, 4) is 0 Å². The van der Waals surface area contributed by atoms with Crippen LogP contribution in [0.4, 0.5) is 5.69 Å². The average Bonchev–Trinajstić information content (AvgIpc) is 2.87. The zero-order valence-electron chi connectivity index (χ0n) is 11.5. The molecule has 2 rings (SSSR count). The molecule has 104 valence electrons. The van der Waals surface area contributed by atoms with Gasteiger partial charge in [0, 0.05) is 31.6 Å². The summed E-state index contributed by atoms with van der Waals surface area (Å²) in [6, 6.07) is 4.10.